The van der Waals surface area contributed by atoms with Crippen LogP contribution in [-0.4, -0.2) is 6.03 Å². The predicted octanol–water partition coefficient (Wildman–Crippen LogP) is 6.94. The van der Waals surface area contributed by atoms with Gasteiger partial charge in [0.15, 0.2) is 0 Å². The van der Waals surface area contributed by atoms with E-state index in [-0.39, 0.29) is 22.9 Å². The lowest BCUT2D eigenvalue weighted by molar-refractivity contribution is 0.262. The maximum absolute atomic E-state index is 14.3. The number of halogens is 2. The second kappa shape index (κ2) is 10.7. The Morgan fingerprint density at radius 1 is 0.611 bits per heavy atom. The van der Waals surface area contributed by atoms with E-state index in [2.05, 4.69) is 10.6 Å². The van der Waals surface area contributed by atoms with Gasteiger partial charge >= 0.3 is 6.03 Å². The van der Waals surface area contributed by atoms with Crippen molar-refractivity contribution in [2.75, 3.05) is 10.6 Å². The van der Waals surface area contributed by atoms with E-state index in [0.29, 0.717) is 22.6 Å². The normalized spacial score (nSPS) is 10.0. The van der Waals surface area contributed by atoms with Crippen LogP contribution in [0.5, 0.6) is 23.0 Å². The van der Waals surface area contributed by atoms with Crippen molar-refractivity contribution in [3.8, 4) is 35.1 Å². The number of urea groups is 1. The highest BCUT2D eigenvalue weighted by Gasteiger charge is 2.13. The lowest BCUT2D eigenvalue weighted by Crippen LogP contribution is -2.20. The van der Waals surface area contributed by atoms with Gasteiger partial charge in [-0.1, -0.05) is 0 Å². The second-order valence-electron chi connectivity index (χ2n) is 7.34. The van der Waals surface area contributed by atoms with Gasteiger partial charge in [0, 0.05) is 12.1 Å². The second-order valence-corrected chi connectivity index (χ2v) is 7.34. The zero-order valence-electron chi connectivity index (χ0n) is 18.5. The summed E-state index contributed by atoms with van der Waals surface area (Å²) in [6, 6.07) is 23.2. The Morgan fingerprint density at radius 3 is 1.33 bits per heavy atom. The zero-order chi connectivity index (χ0) is 25.5. The molecule has 0 heterocycles. The number of nitriles is 2. The van der Waals surface area contributed by atoms with Crippen LogP contribution >= 0.6 is 0 Å². The van der Waals surface area contributed by atoms with Gasteiger partial charge in [0.2, 0.25) is 0 Å². The first-order valence-electron chi connectivity index (χ1n) is 10.5. The fraction of sp³-hybridized carbons (Fsp3) is 0. The fourth-order valence-corrected chi connectivity index (χ4v) is 3.07. The minimum absolute atomic E-state index is 0.191. The predicted molar refractivity (Wildman–Crippen MR) is 128 cm³/mol. The van der Waals surface area contributed by atoms with Gasteiger partial charge in [0.25, 0.3) is 0 Å². The van der Waals surface area contributed by atoms with Crippen LogP contribution in [0.15, 0.2) is 84.9 Å². The van der Waals surface area contributed by atoms with Crippen molar-refractivity contribution in [1.82, 2.24) is 0 Å². The fourth-order valence-electron chi connectivity index (χ4n) is 3.07. The number of rotatable bonds is 6. The number of nitrogens with zero attached hydrogens (tertiary/aromatic N) is 2. The molecule has 36 heavy (non-hydrogen) atoms. The highest BCUT2D eigenvalue weighted by atomic mass is 19.1. The molecule has 2 amide bonds. The Labute approximate surface area is 204 Å². The van der Waals surface area contributed by atoms with Crippen molar-refractivity contribution < 1.29 is 23.0 Å². The third kappa shape index (κ3) is 5.93. The molecule has 0 fully saturated rings. The Balaban J connectivity index is 1.44. The standard InChI is InChI=1S/C27H16F2N4O3/c28-23-11-9-21(35-19-5-1-17(15-30)2-6-19)13-25(23)32-27(34)33-26-14-22(10-12-24(26)29)36-20-7-3-18(16-31)4-8-20/h1-14H,(H2,32,33,34). The molecule has 0 radical (unpaired) electrons. The van der Waals surface area contributed by atoms with E-state index in [4.69, 9.17) is 20.0 Å². The third-order valence-electron chi connectivity index (χ3n) is 4.81. The number of nitrogens with one attached hydrogen (secondary N) is 2. The van der Waals surface area contributed by atoms with Gasteiger partial charge in [0.05, 0.1) is 34.6 Å². The lowest BCUT2D eigenvalue weighted by atomic mass is 10.2. The van der Waals surface area contributed by atoms with Crippen molar-refractivity contribution in [2.24, 2.45) is 0 Å². The summed E-state index contributed by atoms with van der Waals surface area (Å²) in [5, 5.41) is 22.4. The maximum Gasteiger partial charge on any atom is 0.323 e. The average Bonchev–Trinajstić information content (AvgIpc) is 2.89. The van der Waals surface area contributed by atoms with Crippen molar-refractivity contribution in [1.29, 1.82) is 10.5 Å². The summed E-state index contributed by atoms with van der Waals surface area (Å²) in [7, 11) is 0. The number of amides is 2. The summed E-state index contributed by atoms with van der Waals surface area (Å²) >= 11 is 0. The smallest absolute Gasteiger partial charge is 0.323 e. The Bertz CT molecular complexity index is 1380. The molecule has 176 valence electrons. The van der Waals surface area contributed by atoms with Crippen molar-refractivity contribution in [3.63, 3.8) is 0 Å². The number of hydrogen-bond acceptors (Lipinski definition) is 5. The van der Waals surface area contributed by atoms with E-state index in [9.17, 15) is 13.6 Å². The lowest BCUT2D eigenvalue weighted by Gasteiger charge is -2.12. The van der Waals surface area contributed by atoms with E-state index < -0.39 is 17.7 Å². The van der Waals surface area contributed by atoms with E-state index >= 15 is 0 Å². The van der Waals surface area contributed by atoms with Crippen LogP contribution in [0.25, 0.3) is 0 Å². The Hall–Kier alpha value is -5.41. The van der Waals surface area contributed by atoms with E-state index in [0.717, 1.165) is 12.1 Å². The van der Waals surface area contributed by atoms with Crippen LogP contribution < -0.4 is 20.1 Å². The molecule has 0 aliphatic rings. The maximum atomic E-state index is 14.3. The summed E-state index contributed by atoms with van der Waals surface area (Å²) in [5.41, 5.74) is 0.534. The largest absolute Gasteiger partial charge is 0.457 e. The van der Waals surface area contributed by atoms with Crippen molar-refractivity contribution in [2.45, 2.75) is 0 Å². The van der Waals surface area contributed by atoms with Crippen LogP contribution in [0, 0.1) is 34.3 Å². The van der Waals surface area contributed by atoms with Gasteiger partial charge in [-0.15, -0.1) is 0 Å². The minimum atomic E-state index is -0.890. The van der Waals surface area contributed by atoms with Gasteiger partial charge in [-0.2, -0.15) is 10.5 Å². The first-order valence-corrected chi connectivity index (χ1v) is 10.5. The minimum Gasteiger partial charge on any atom is -0.457 e. The molecule has 0 bridgehead atoms. The SMILES string of the molecule is N#Cc1ccc(Oc2ccc(F)c(NC(=O)Nc3cc(Oc4ccc(C#N)cc4)ccc3F)c2)cc1. The van der Waals surface area contributed by atoms with Gasteiger partial charge in [-0.05, 0) is 72.8 Å². The third-order valence-corrected chi connectivity index (χ3v) is 4.81. The molecule has 0 unspecified atom stereocenters. The van der Waals surface area contributed by atoms with Crippen LogP contribution in [0.4, 0.5) is 25.0 Å². The molecule has 4 aromatic carbocycles. The number of carbonyl (C=O) groups is 1. The summed E-state index contributed by atoms with van der Waals surface area (Å²) in [4.78, 5) is 12.5. The Kier molecular flexibility index (Phi) is 7.04. The molecular weight excluding hydrogens is 466 g/mol. The quantitative estimate of drug-likeness (QED) is 0.310. The summed E-state index contributed by atoms with van der Waals surface area (Å²) in [5.74, 6) is -0.151. The van der Waals surface area contributed by atoms with Crippen molar-refractivity contribution in [3.05, 3.63) is 108 Å². The summed E-state index contributed by atoms with van der Waals surface area (Å²) in [6.07, 6.45) is 0. The van der Waals surface area contributed by atoms with Gasteiger partial charge in [-0.25, -0.2) is 13.6 Å². The summed E-state index contributed by atoms with van der Waals surface area (Å²) in [6.45, 7) is 0. The first-order chi connectivity index (χ1) is 17.4. The van der Waals surface area contributed by atoms with E-state index in [1.807, 2.05) is 12.1 Å². The molecule has 0 atom stereocenters. The monoisotopic (exact) mass is 482 g/mol. The van der Waals surface area contributed by atoms with Gasteiger partial charge < -0.3 is 20.1 Å². The molecule has 0 saturated heterocycles. The van der Waals surface area contributed by atoms with Gasteiger partial charge in [0.1, 0.15) is 34.6 Å². The molecular formula is C27H16F2N4O3. The molecule has 0 aromatic heterocycles. The average molecular weight is 482 g/mol. The number of ether oxygens (including phenoxy) is 2. The molecule has 0 aliphatic heterocycles. The molecule has 9 heteroatoms. The van der Waals surface area contributed by atoms with Gasteiger partial charge in [-0.3, -0.25) is 0 Å². The van der Waals surface area contributed by atoms with Crippen molar-refractivity contribution >= 4 is 17.4 Å². The molecule has 0 spiro atoms. The molecule has 4 aromatic rings. The van der Waals surface area contributed by atoms with E-state index in [1.165, 1.54) is 24.3 Å². The highest BCUT2D eigenvalue weighted by Crippen LogP contribution is 2.28. The molecule has 0 aliphatic carbocycles. The van der Waals surface area contributed by atoms with E-state index in [1.54, 1.807) is 48.5 Å². The van der Waals surface area contributed by atoms with Crippen LogP contribution in [0.3, 0.4) is 0 Å². The number of benzene rings is 4. The molecule has 0 saturated carbocycles. The van der Waals surface area contributed by atoms with Crippen LogP contribution in [0.1, 0.15) is 11.1 Å². The number of hydrogen-bond donors (Lipinski definition) is 2. The first kappa shape index (κ1) is 23.7. The zero-order valence-corrected chi connectivity index (χ0v) is 18.5. The highest BCUT2D eigenvalue weighted by molar-refractivity contribution is 6.00. The molecule has 4 rings (SSSR count). The Morgan fingerprint density at radius 2 is 0.972 bits per heavy atom. The van der Waals surface area contributed by atoms with Crippen LogP contribution in [-0.2, 0) is 0 Å². The molecule has 7 nitrogen and oxygen atoms in total. The number of anilines is 2. The number of carbonyl (C=O) groups excluding carboxylic acids is 1. The molecule has 2 N–H and O–H groups in total. The topological polar surface area (TPSA) is 107 Å². The summed E-state index contributed by atoms with van der Waals surface area (Å²) < 4.78 is 39.9. The van der Waals surface area contributed by atoms with Crippen LogP contribution in [0.2, 0.25) is 0 Å².